The SMILES string of the molecule is Cc1cc(N2CC(C)CC(C)C2)c(Br)cc1N. The van der Waals surface area contributed by atoms with Crippen LogP contribution in [0, 0.1) is 18.8 Å². The van der Waals surface area contributed by atoms with Crippen molar-refractivity contribution in [3.8, 4) is 0 Å². The van der Waals surface area contributed by atoms with Gasteiger partial charge in [0, 0.05) is 23.2 Å². The molecule has 1 fully saturated rings. The fourth-order valence-corrected chi connectivity index (χ4v) is 3.40. The van der Waals surface area contributed by atoms with Crippen LogP contribution in [0.3, 0.4) is 0 Å². The van der Waals surface area contributed by atoms with Crippen molar-refractivity contribution < 1.29 is 0 Å². The molecular weight excluding hydrogens is 276 g/mol. The van der Waals surface area contributed by atoms with E-state index in [9.17, 15) is 0 Å². The van der Waals surface area contributed by atoms with E-state index < -0.39 is 0 Å². The smallest absolute Gasteiger partial charge is 0.0515 e. The molecule has 1 saturated heterocycles. The molecule has 0 aliphatic carbocycles. The second-order valence-corrected chi connectivity index (χ2v) is 6.37. The Kier molecular flexibility index (Phi) is 3.67. The van der Waals surface area contributed by atoms with Crippen molar-refractivity contribution >= 4 is 27.3 Å². The zero-order chi connectivity index (χ0) is 12.6. The van der Waals surface area contributed by atoms with Crippen LogP contribution in [0.5, 0.6) is 0 Å². The monoisotopic (exact) mass is 296 g/mol. The molecule has 2 atom stereocenters. The minimum Gasteiger partial charge on any atom is -0.398 e. The molecule has 2 rings (SSSR count). The molecule has 2 nitrogen and oxygen atoms in total. The zero-order valence-corrected chi connectivity index (χ0v) is 12.4. The lowest BCUT2D eigenvalue weighted by Crippen LogP contribution is -2.38. The molecule has 0 saturated carbocycles. The molecule has 1 heterocycles. The van der Waals surface area contributed by atoms with Crippen LogP contribution < -0.4 is 10.6 Å². The largest absolute Gasteiger partial charge is 0.398 e. The van der Waals surface area contributed by atoms with Crippen molar-refractivity contribution in [2.75, 3.05) is 23.7 Å². The number of aryl methyl sites for hydroxylation is 1. The predicted molar refractivity (Wildman–Crippen MR) is 78.4 cm³/mol. The Morgan fingerprint density at radius 2 is 1.82 bits per heavy atom. The Hall–Kier alpha value is -0.700. The molecule has 17 heavy (non-hydrogen) atoms. The third kappa shape index (κ3) is 2.76. The lowest BCUT2D eigenvalue weighted by Gasteiger charge is -2.37. The molecular formula is C14H21BrN2. The number of anilines is 2. The van der Waals surface area contributed by atoms with E-state index in [1.54, 1.807) is 0 Å². The number of nitrogens with zero attached hydrogens (tertiary/aromatic N) is 1. The Morgan fingerprint density at radius 3 is 2.41 bits per heavy atom. The summed E-state index contributed by atoms with van der Waals surface area (Å²) in [6, 6.07) is 4.22. The van der Waals surface area contributed by atoms with E-state index in [0.29, 0.717) is 0 Å². The van der Waals surface area contributed by atoms with Gasteiger partial charge in [0.05, 0.1) is 5.69 Å². The van der Waals surface area contributed by atoms with Crippen molar-refractivity contribution in [1.29, 1.82) is 0 Å². The van der Waals surface area contributed by atoms with E-state index >= 15 is 0 Å². The average Bonchev–Trinajstić information content (AvgIpc) is 2.22. The first-order chi connectivity index (χ1) is 7.97. The summed E-state index contributed by atoms with van der Waals surface area (Å²) in [5.74, 6) is 1.53. The third-order valence-corrected chi connectivity index (χ3v) is 4.18. The summed E-state index contributed by atoms with van der Waals surface area (Å²) in [5, 5.41) is 0. The first-order valence-electron chi connectivity index (χ1n) is 6.28. The maximum absolute atomic E-state index is 5.93. The standard InChI is InChI=1S/C14H21BrN2/c1-9-4-10(2)8-17(7-9)14-5-11(3)13(16)6-12(14)15/h5-6,9-10H,4,7-8,16H2,1-3H3. The summed E-state index contributed by atoms with van der Waals surface area (Å²) in [4.78, 5) is 2.48. The molecule has 0 radical (unpaired) electrons. The van der Waals surface area contributed by atoms with Crippen molar-refractivity contribution in [3.63, 3.8) is 0 Å². The number of rotatable bonds is 1. The second-order valence-electron chi connectivity index (χ2n) is 5.51. The van der Waals surface area contributed by atoms with E-state index in [2.05, 4.69) is 47.7 Å². The van der Waals surface area contributed by atoms with Gasteiger partial charge in [-0.2, -0.15) is 0 Å². The minimum atomic E-state index is 0.767. The van der Waals surface area contributed by atoms with Gasteiger partial charge < -0.3 is 10.6 Å². The first kappa shape index (κ1) is 12.7. The number of nitrogen functional groups attached to an aromatic ring is 1. The molecule has 3 heteroatoms. The quantitative estimate of drug-likeness (QED) is 0.798. The summed E-state index contributed by atoms with van der Waals surface area (Å²) in [6.07, 6.45) is 1.34. The van der Waals surface area contributed by atoms with Gasteiger partial charge in [0.25, 0.3) is 0 Å². The molecule has 1 aromatic carbocycles. The molecule has 2 N–H and O–H groups in total. The van der Waals surface area contributed by atoms with Gasteiger partial charge in [0.1, 0.15) is 0 Å². The Morgan fingerprint density at radius 1 is 1.24 bits per heavy atom. The number of hydrogen-bond donors (Lipinski definition) is 1. The summed E-state index contributed by atoms with van der Waals surface area (Å²) in [5.41, 5.74) is 9.23. The van der Waals surface area contributed by atoms with Gasteiger partial charge in [-0.05, 0) is 58.8 Å². The van der Waals surface area contributed by atoms with Crippen molar-refractivity contribution in [2.24, 2.45) is 11.8 Å². The summed E-state index contributed by atoms with van der Waals surface area (Å²) < 4.78 is 1.11. The highest BCUT2D eigenvalue weighted by Gasteiger charge is 2.23. The van der Waals surface area contributed by atoms with Crippen LogP contribution in [0.25, 0.3) is 0 Å². The van der Waals surface area contributed by atoms with Gasteiger partial charge in [0.15, 0.2) is 0 Å². The van der Waals surface area contributed by atoms with Crippen LogP contribution >= 0.6 is 15.9 Å². The van der Waals surface area contributed by atoms with E-state index in [1.807, 2.05) is 6.07 Å². The summed E-state index contributed by atoms with van der Waals surface area (Å²) in [7, 11) is 0. The summed E-state index contributed by atoms with van der Waals surface area (Å²) >= 11 is 3.63. The summed E-state index contributed by atoms with van der Waals surface area (Å²) in [6.45, 7) is 9.03. The van der Waals surface area contributed by atoms with Gasteiger partial charge in [-0.3, -0.25) is 0 Å². The molecule has 1 aliphatic rings. The molecule has 1 aliphatic heterocycles. The van der Waals surface area contributed by atoms with Crippen LogP contribution in [0.4, 0.5) is 11.4 Å². The molecule has 0 aromatic heterocycles. The van der Waals surface area contributed by atoms with Gasteiger partial charge in [-0.25, -0.2) is 0 Å². The number of hydrogen-bond acceptors (Lipinski definition) is 2. The van der Waals surface area contributed by atoms with Gasteiger partial charge in [0.2, 0.25) is 0 Å². The first-order valence-corrected chi connectivity index (χ1v) is 7.07. The number of benzene rings is 1. The maximum atomic E-state index is 5.93. The minimum absolute atomic E-state index is 0.767. The fourth-order valence-electron chi connectivity index (χ4n) is 2.78. The molecule has 94 valence electrons. The number of halogens is 1. The maximum Gasteiger partial charge on any atom is 0.0515 e. The van der Waals surface area contributed by atoms with Gasteiger partial charge >= 0.3 is 0 Å². The zero-order valence-electron chi connectivity index (χ0n) is 10.8. The van der Waals surface area contributed by atoms with Crippen LogP contribution in [-0.2, 0) is 0 Å². The highest BCUT2D eigenvalue weighted by atomic mass is 79.9. The van der Waals surface area contributed by atoms with Crippen LogP contribution in [0.2, 0.25) is 0 Å². The fraction of sp³-hybridized carbons (Fsp3) is 0.571. The predicted octanol–water partition coefficient (Wildman–Crippen LogP) is 3.82. The van der Waals surface area contributed by atoms with Gasteiger partial charge in [-0.1, -0.05) is 13.8 Å². The van der Waals surface area contributed by atoms with E-state index in [1.165, 1.54) is 12.1 Å². The lowest BCUT2D eigenvalue weighted by molar-refractivity contribution is 0.356. The normalized spacial score (nSPS) is 25.1. The molecule has 0 spiro atoms. The Balaban J connectivity index is 2.30. The highest BCUT2D eigenvalue weighted by Crippen LogP contribution is 2.34. The molecule has 1 aromatic rings. The van der Waals surface area contributed by atoms with Crippen LogP contribution in [0.1, 0.15) is 25.8 Å². The number of piperidine rings is 1. The molecule has 0 amide bonds. The van der Waals surface area contributed by atoms with E-state index in [0.717, 1.165) is 40.6 Å². The highest BCUT2D eigenvalue weighted by molar-refractivity contribution is 9.10. The van der Waals surface area contributed by atoms with Gasteiger partial charge in [-0.15, -0.1) is 0 Å². The van der Waals surface area contributed by atoms with E-state index in [4.69, 9.17) is 5.73 Å². The van der Waals surface area contributed by atoms with Crippen molar-refractivity contribution in [1.82, 2.24) is 0 Å². The van der Waals surface area contributed by atoms with Crippen molar-refractivity contribution in [3.05, 3.63) is 22.2 Å². The Bertz CT molecular complexity index is 407. The average molecular weight is 297 g/mol. The third-order valence-electron chi connectivity index (χ3n) is 3.55. The van der Waals surface area contributed by atoms with Crippen LogP contribution in [0.15, 0.2) is 16.6 Å². The lowest BCUT2D eigenvalue weighted by atomic mass is 9.91. The van der Waals surface area contributed by atoms with Crippen molar-refractivity contribution in [2.45, 2.75) is 27.2 Å². The molecule has 0 bridgehead atoms. The molecule has 2 unspecified atom stereocenters. The van der Waals surface area contributed by atoms with E-state index in [-0.39, 0.29) is 0 Å². The second kappa shape index (κ2) is 4.89. The Labute approximate surface area is 112 Å². The topological polar surface area (TPSA) is 29.3 Å². The van der Waals surface area contributed by atoms with Crippen LogP contribution in [-0.4, -0.2) is 13.1 Å². The number of nitrogens with two attached hydrogens (primary N) is 1.